The average Bonchev–Trinajstić information content (AvgIpc) is 2.26. The van der Waals surface area contributed by atoms with Crippen LogP contribution in [0.3, 0.4) is 0 Å². The van der Waals surface area contributed by atoms with Gasteiger partial charge in [-0.1, -0.05) is 0 Å². The Morgan fingerprint density at radius 1 is 0.867 bits per heavy atom. The van der Waals surface area contributed by atoms with Crippen molar-refractivity contribution in [2.45, 2.75) is 0 Å². The minimum Gasteiger partial charge on any atom is -0.394 e. The van der Waals surface area contributed by atoms with Crippen LogP contribution in [0.25, 0.3) is 0 Å². The lowest BCUT2D eigenvalue weighted by atomic mass is 10.4. The summed E-state index contributed by atoms with van der Waals surface area (Å²) >= 11 is 0. The maximum atomic E-state index is 10.6. The van der Waals surface area contributed by atoms with Gasteiger partial charge in [-0.05, 0) is 0 Å². The second-order valence-electron chi connectivity index (χ2n) is 2.70. The average molecular weight is 222 g/mol. The van der Waals surface area contributed by atoms with Gasteiger partial charge in [0.25, 0.3) is 0 Å². The van der Waals surface area contributed by atoms with Crippen molar-refractivity contribution in [1.29, 1.82) is 0 Å². The summed E-state index contributed by atoms with van der Waals surface area (Å²) in [5.41, 5.74) is 0. The van der Waals surface area contributed by atoms with Gasteiger partial charge >= 0.3 is 0 Å². The molecule has 0 heterocycles. The zero-order chi connectivity index (χ0) is 11.4. The molecular weight excluding hydrogens is 204 g/mol. The van der Waals surface area contributed by atoms with Crippen LogP contribution in [0.1, 0.15) is 0 Å². The molecule has 0 atom stereocenters. The minimum absolute atomic E-state index is 0.00633. The highest BCUT2D eigenvalue weighted by Crippen LogP contribution is 1.81. The predicted molar refractivity (Wildman–Crippen MR) is 51.6 cm³/mol. The molecule has 0 fully saturated rings. The Labute approximate surface area is 88.7 Å². The molecule has 6 nitrogen and oxygen atoms in total. The lowest BCUT2D eigenvalue weighted by Gasteiger charge is -2.05. The highest BCUT2D eigenvalue weighted by molar-refractivity contribution is 5.80. The van der Waals surface area contributed by atoms with Gasteiger partial charge in [-0.3, -0.25) is 4.79 Å². The van der Waals surface area contributed by atoms with Crippen LogP contribution in [0.2, 0.25) is 0 Å². The Hall–Kier alpha value is -0.530. The number of hydrogen-bond donors (Lipinski definition) is 2. The quantitative estimate of drug-likeness (QED) is 0.418. The van der Waals surface area contributed by atoms with Crippen molar-refractivity contribution in [1.82, 2.24) is 0 Å². The molecule has 0 rings (SSSR count). The number of Topliss-reactive ketones (excluding diaryl/α,β-unsaturated/α-hetero) is 1. The number of carbonyl (C=O) groups is 1. The van der Waals surface area contributed by atoms with Crippen LogP contribution in [0.5, 0.6) is 0 Å². The molecule has 0 aromatic carbocycles. The van der Waals surface area contributed by atoms with Crippen LogP contribution in [-0.4, -0.2) is 68.9 Å². The van der Waals surface area contributed by atoms with E-state index in [2.05, 4.69) is 0 Å². The number of hydrogen-bond acceptors (Lipinski definition) is 6. The topological polar surface area (TPSA) is 85.2 Å². The highest BCUT2D eigenvalue weighted by Gasteiger charge is 1.98. The van der Waals surface area contributed by atoms with E-state index in [1.54, 1.807) is 0 Å². The molecule has 0 aromatic rings. The van der Waals surface area contributed by atoms with E-state index in [1.165, 1.54) is 0 Å². The standard InChI is InChI=1S/C9H18O6/c10-1-2-13-3-4-14-5-6-15-8-9(12)7-11/h10-11H,1-8H2. The van der Waals surface area contributed by atoms with E-state index in [-0.39, 0.29) is 19.0 Å². The normalized spacial score (nSPS) is 10.5. The molecule has 0 bridgehead atoms. The van der Waals surface area contributed by atoms with E-state index >= 15 is 0 Å². The van der Waals surface area contributed by atoms with E-state index in [0.29, 0.717) is 33.0 Å². The van der Waals surface area contributed by atoms with Crippen molar-refractivity contribution in [2.75, 3.05) is 52.9 Å². The van der Waals surface area contributed by atoms with Gasteiger partial charge in [0.15, 0.2) is 5.78 Å². The monoisotopic (exact) mass is 222 g/mol. The Balaban J connectivity index is 2.95. The summed E-state index contributed by atoms with van der Waals surface area (Å²) in [5.74, 6) is -0.346. The van der Waals surface area contributed by atoms with Crippen LogP contribution in [0.4, 0.5) is 0 Å². The number of ether oxygens (including phenoxy) is 3. The van der Waals surface area contributed by atoms with E-state index in [0.717, 1.165) is 0 Å². The molecule has 0 saturated carbocycles. The van der Waals surface area contributed by atoms with Crippen molar-refractivity contribution < 1.29 is 29.2 Å². The SMILES string of the molecule is O=C(CO)COCCOCCOCCO. The van der Waals surface area contributed by atoms with Crippen molar-refractivity contribution >= 4 is 5.78 Å². The van der Waals surface area contributed by atoms with Crippen LogP contribution < -0.4 is 0 Å². The van der Waals surface area contributed by atoms with E-state index in [1.807, 2.05) is 0 Å². The van der Waals surface area contributed by atoms with Gasteiger partial charge in [0, 0.05) is 0 Å². The smallest absolute Gasteiger partial charge is 0.183 e. The summed E-state index contributed by atoms with van der Waals surface area (Å²) in [5, 5.41) is 16.7. The predicted octanol–water partition coefficient (Wildman–Crippen LogP) is -1.41. The lowest BCUT2D eigenvalue weighted by molar-refractivity contribution is -0.126. The van der Waals surface area contributed by atoms with Gasteiger partial charge in [-0.15, -0.1) is 0 Å². The molecule has 6 heteroatoms. The Kier molecular flexibility index (Phi) is 11.1. The van der Waals surface area contributed by atoms with Crippen molar-refractivity contribution in [3.05, 3.63) is 0 Å². The zero-order valence-corrected chi connectivity index (χ0v) is 8.68. The summed E-state index contributed by atoms with van der Waals surface area (Å²) in [6, 6.07) is 0. The summed E-state index contributed by atoms with van der Waals surface area (Å²) in [6.07, 6.45) is 0. The first-order valence-electron chi connectivity index (χ1n) is 4.78. The molecule has 0 aliphatic carbocycles. The lowest BCUT2D eigenvalue weighted by Crippen LogP contribution is -2.16. The third kappa shape index (κ3) is 11.4. The van der Waals surface area contributed by atoms with Crippen LogP contribution in [0.15, 0.2) is 0 Å². The first-order chi connectivity index (χ1) is 7.31. The van der Waals surface area contributed by atoms with Gasteiger partial charge < -0.3 is 24.4 Å². The number of aliphatic hydroxyl groups is 2. The van der Waals surface area contributed by atoms with E-state index in [9.17, 15) is 4.79 Å². The number of carbonyl (C=O) groups excluding carboxylic acids is 1. The second kappa shape index (κ2) is 11.5. The fraction of sp³-hybridized carbons (Fsp3) is 0.889. The summed E-state index contributed by atoms with van der Waals surface area (Å²) in [7, 11) is 0. The molecule has 15 heavy (non-hydrogen) atoms. The van der Waals surface area contributed by atoms with Crippen molar-refractivity contribution in [3.8, 4) is 0 Å². The second-order valence-corrected chi connectivity index (χ2v) is 2.70. The summed E-state index contributed by atoms with van der Waals surface area (Å²) in [6.45, 7) is 1.29. The molecule has 0 spiro atoms. The molecular formula is C9H18O6. The van der Waals surface area contributed by atoms with Gasteiger partial charge in [-0.2, -0.15) is 0 Å². The minimum atomic E-state index is -0.490. The third-order valence-corrected chi connectivity index (χ3v) is 1.42. The van der Waals surface area contributed by atoms with E-state index in [4.69, 9.17) is 24.4 Å². The molecule has 0 amide bonds. The Morgan fingerprint density at radius 2 is 1.40 bits per heavy atom. The van der Waals surface area contributed by atoms with E-state index < -0.39 is 6.61 Å². The number of aliphatic hydroxyl groups excluding tert-OH is 2. The van der Waals surface area contributed by atoms with Crippen molar-refractivity contribution in [2.24, 2.45) is 0 Å². The Morgan fingerprint density at radius 3 is 1.93 bits per heavy atom. The largest absolute Gasteiger partial charge is 0.394 e. The molecule has 90 valence electrons. The molecule has 0 aliphatic rings. The maximum Gasteiger partial charge on any atom is 0.183 e. The molecule has 0 saturated heterocycles. The van der Waals surface area contributed by atoms with Crippen LogP contribution in [0, 0.1) is 0 Å². The van der Waals surface area contributed by atoms with Crippen molar-refractivity contribution in [3.63, 3.8) is 0 Å². The first kappa shape index (κ1) is 14.5. The summed E-state index contributed by atoms with van der Waals surface area (Å²) < 4.78 is 14.9. The van der Waals surface area contributed by atoms with Gasteiger partial charge in [0.05, 0.1) is 39.6 Å². The molecule has 0 unspecified atom stereocenters. The Bertz CT molecular complexity index is 150. The number of rotatable bonds is 11. The fourth-order valence-corrected chi connectivity index (χ4v) is 0.736. The highest BCUT2D eigenvalue weighted by atomic mass is 16.5. The van der Waals surface area contributed by atoms with Crippen LogP contribution >= 0.6 is 0 Å². The maximum absolute atomic E-state index is 10.6. The third-order valence-electron chi connectivity index (χ3n) is 1.42. The molecule has 0 aromatic heterocycles. The van der Waals surface area contributed by atoms with Crippen LogP contribution in [-0.2, 0) is 19.0 Å². The molecule has 0 radical (unpaired) electrons. The first-order valence-corrected chi connectivity index (χ1v) is 4.78. The van der Waals surface area contributed by atoms with Gasteiger partial charge in [-0.25, -0.2) is 0 Å². The van der Waals surface area contributed by atoms with Gasteiger partial charge in [0.1, 0.15) is 13.2 Å². The molecule has 2 N–H and O–H groups in total. The zero-order valence-electron chi connectivity index (χ0n) is 8.68. The number of ketones is 1. The van der Waals surface area contributed by atoms with Gasteiger partial charge in [0.2, 0.25) is 0 Å². The summed E-state index contributed by atoms with van der Waals surface area (Å²) in [4.78, 5) is 10.6. The molecule has 0 aliphatic heterocycles. The fourth-order valence-electron chi connectivity index (χ4n) is 0.736.